The summed E-state index contributed by atoms with van der Waals surface area (Å²) in [5, 5.41) is 28.8. The van der Waals surface area contributed by atoms with Crippen LogP contribution < -0.4 is 15.3 Å². The van der Waals surface area contributed by atoms with Crippen LogP contribution >= 0.6 is 7.75 Å². The number of hydrogen-bond acceptors (Lipinski definition) is 12. The average Bonchev–Trinajstić information content (AvgIpc) is 3.53. The van der Waals surface area contributed by atoms with Gasteiger partial charge in [0.15, 0.2) is 5.82 Å². The number of para-hydroxylation sites is 1. The summed E-state index contributed by atoms with van der Waals surface area (Å²) in [4.78, 5) is 30.2. The molecule has 2 unspecified atom stereocenters. The Bertz CT molecular complexity index is 1530. The minimum atomic E-state index is -4.31. The number of fused-ring (bicyclic) bond motifs is 1. The molecule has 15 nitrogen and oxygen atoms in total. The van der Waals surface area contributed by atoms with E-state index in [-0.39, 0.29) is 17.5 Å². The number of carbonyl (C=O) groups is 2. The minimum absolute atomic E-state index is 0.0367. The first-order valence-corrected chi connectivity index (χ1v) is 15.8. The van der Waals surface area contributed by atoms with E-state index in [1.807, 2.05) is 0 Å². The van der Waals surface area contributed by atoms with Gasteiger partial charge in [-0.05, 0) is 38.1 Å². The number of benzene rings is 1. The maximum atomic E-state index is 14.1. The van der Waals surface area contributed by atoms with Crippen LogP contribution in [0, 0.1) is 0 Å². The second-order valence-corrected chi connectivity index (χ2v) is 12.8. The first kappa shape index (κ1) is 31.8. The Hall–Kier alpha value is -3.59. The number of nitrogens with one attached hydrogen (secondary N) is 1. The molecule has 0 saturated carbocycles. The van der Waals surface area contributed by atoms with Crippen molar-refractivity contribution in [2.75, 3.05) is 25.4 Å². The predicted octanol–water partition coefficient (Wildman–Crippen LogP) is 1.60. The Morgan fingerprint density at radius 3 is 2.59 bits per heavy atom. The molecule has 16 heteroatoms. The third kappa shape index (κ3) is 6.72. The van der Waals surface area contributed by atoms with Gasteiger partial charge in [-0.2, -0.15) is 10.2 Å². The van der Waals surface area contributed by atoms with Crippen LogP contribution in [0.15, 0.2) is 48.8 Å². The highest BCUT2D eigenvalue weighted by Crippen LogP contribution is 2.48. The molecule has 2 aliphatic rings. The molecule has 0 spiro atoms. The maximum Gasteiger partial charge on any atom is 0.459 e. The van der Waals surface area contributed by atoms with Crippen LogP contribution in [-0.2, 0) is 28.2 Å². The number of rotatable bonds is 10. The molecule has 0 bridgehead atoms. The fourth-order valence-corrected chi connectivity index (χ4v) is 6.85. The average molecular weight is 633 g/mol. The number of aliphatic hydroxyl groups is 2. The third-order valence-electron chi connectivity index (χ3n) is 7.82. The lowest BCUT2D eigenvalue weighted by molar-refractivity contribution is -0.153. The molecule has 4 heterocycles. The minimum Gasteiger partial charge on any atom is -0.461 e. The first-order chi connectivity index (χ1) is 20.9. The van der Waals surface area contributed by atoms with Gasteiger partial charge in [0.1, 0.15) is 53.7 Å². The number of carbonyl (C=O) groups excluding carboxylic acids is 2. The summed E-state index contributed by atoms with van der Waals surface area (Å²) in [6, 6.07) is 10.4. The second kappa shape index (κ2) is 12.8. The standard InChI is InChI=1S/C28H37N6O9P/c1-17(27(38)41-19-11-13-33(14-12-19)18(2)35)32-44(39,43-20-7-5-4-6-8-20)40-15-28(3)25(37)23(36)24(42-28)21-9-10-22-26(29)30-16-31-34(21)22/h4-10,16-17,19,23-25,36-37H,11-15H2,1-3H3,(H,32,39)(H2,29,30,31)/t17?,23-,24-,25-,28+,44?/m0/s1. The van der Waals surface area contributed by atoms with Crippen LogP contribution in [-0.4, -0.2) is 91.2 Å². The van der Waals surface area contributed by atoms with Crippen LogP contribution in [0.1, 0.15) is 45.4 Å². The van der Waals surface area contributed by atoms with E-state index in [4.69, 9.17) is 24.3 Å². The molecular formula is C28H37N6O9P. The number of piperidine rings is 1. The molecule has 238 valence electrons. The molecule has 5 rings (SSSR count). The normalized spacial score (nSPS) is 26.3. The fraction of sp³-hybridized carbons (Fsp3) is 0.500. The Labute approximate surface area is 253 Å². The van der Waals surface area contributed by atoms with Gasteiger partial charge in [0, 0.05) is 32.9 Å². The predicted molar refractivity (Wildman–Crippen MR) is 156 cm³/mol. The van der Waals surface area contributed by atoms with Crippen LogP contribution in [0.25, 0.3) is 5.52 Å². The van der Waals surface area contributed by atoms with E-state index in [0.29, 0.717) is 37.1 Å². The quantitative estimate of drug-likeness (QED) is 0.186. The lowest BCUT2D eigenvalue weighted by Crippen LogP contribution is -2.45. The number of ether oxygens (including phenoxy) is 2. The number of aliphatic hydroxyl groups excluding tert-OH is 2. The Kier molecular flexibility index (Phi) is 9.25. The van der Waals surface area contributed by atoms with Gasteiger partial charge in [-0.15, -0.1) is 0 Å². The topological polar surface area (TPSA) is 200 Å². The van der Waals surface area contributed by atoms with Gasteiger partial charge in [0.2, 0.25) is 5.91 Å². The van der Waals surface area contributed by atoms with E-state index < -0.39 is 56.4 Å². The largest absolute Gasteiger partial charge is 0.461 e. The lowest BCUT2D eigenvalue weighted by atomic mass is 9.97. The van der Waals surface area contributed by atoms with Gasteiger partial charge in [0.05, 0.1) is 12.3 Å². The van der Waals surface area contributed by atoms with Crippen LogP contribution in [0.3, 0.4) is 0 Å². The monoisotopic (exact) mass is 632 g/mol. The van der Waals surface area contributed by atoms with Gasteiger partial charge in [-0.1, -0.05) is 18.2 Å². The molecule has 1 aromatic carbocycles. The van der Waals surface area contributed by atoms with E-state index in [0.717, 1.165) is 0 Å². The molecule has 1 amide bonds. The Morgan fingerprint density at radius 1 is 1.20 bits per heavy atom. The van der Waals surface area contributed by atoms with Gasteiger partial charge >= 0.3 is 13.7 Å². The van der Waals surface area contributed by atoms with Crippen molar-refractivity contribution < 1.29 is 42.9 Å². The van der Waals surface area contributed by atoms with Gasteiger partial charge in [-0.25, -0.2) is 14.1 Å². The van der Waals surface area contributed by atoms with Crippen molar-refractivity contribution in [3.8, 4) is 5.75 Å². The summed E-state index contributed by atoms with van der Waals surface area (Å²) in [6.45, 7) is 4.91. The number of hydrogen-bond donors (Lipinski definition) is 4. The number of aromatic nitrogens is 3. The number of nitrogens with two attached hydrogens (primary N) is 1. The molecule has 2 saturated heterocycles. The van der Waals surface area contributed by atoms with Crippen molar-refractivity contribution in [2.45, 2.75) is 69.7 Å². The van der Waals surface area contributed by atoms with Gasteiger partial charge in [-0.3, -0.25) is 14.1 Å². The van der Waals surface area contributed by atoms with Crippen LogP contribution in [0.4, 0.5) is 5.82 Å². The number of likely N-dealkylation sites (tertiary alicyclic amines) is 1. The van der Waals surface area contributed by atoms with Crippen molar-refractivity contribution in [1.29, 1.82) is 0 Å². The summed E-state index contributed by atoms with van der Waals surface area (Å²) in [5.41, 5.74) is 5.28. The zero-order chi connectivity index (χ0) is 31.6. The van der Waals surface area contributed by atoms with Crippen molar-refractivity contribution in [3.05, 3.63) is 54.5 Å². The fourth-order valence-electron chi connectivity index (χ4n) is 5.27. The highest BCUT2D eigenvalue weighted by atomic mass is 31.2. The van der Waals surface area contributed by atoms with E-state index in [9.17, 15) is 24.4 Å². The summed E-state index contributed by atoms with van der Waals surface area (Å²) < 4.78 is 38.8. The smallest absolute Gasteiger partial charge is 0.459 e. The summed E-state index contributed by atoms with van der Waals surface area (Å²) in [5.74, 6) is -0.282. The zero-order valence-electron chi connectivity index (χ0n) is 24.6. The molecule has 2 aromatic heterocycles. The summed E-state index contributed by atoms with van der Waals surface area (Å²) >= 11 is 0. The lowest BCUT2D eigenvalue weighted by Gasteiger charge is -2.32. The van der Waals surface area contributed by atoms with E-state index in [1.165, 1.54) is 31.6 Å². The second-order valence-electron chi connectivity index (χ2n) is 11.2. The highest BCUT2D eigenvalue weighted by Gasteiger charge is 2.54. The number of nitrogen functional groups attached to an aromatic ring is 1. The van der Waals surface area contributed by atoms with E-state index in [1.54, 1.807) is 47.4 Å². The van der Waals surface area contributed by atoms with Crippen molar-refractivity contribution >= 4 is 31.0 Å². The van der Waals surface area contributed by atoms with E-state index in [2.05, 4.69) is 15.2 Å². The highest BCUT2D eigenvalue weighted by molar-refractivity contribution is 7.52. The van der Waals surface area contributed by atoms with E-state index >= 15 is 0 Å². The molecule has 5 N–H and O–H groups in total. The Balaban J connectivity index is 1.29. The number of esters is 1. The van der Waals surface area contributed by atoms with Gasteiger partial charge < -0.3 is 34.8 Å². The SMILES string of the molecule is CC(=O)N1CCC(OC(=O)C(C)NP(=O)(OC[C@@]2(C)O[C@@H](c3ccc4c(N)ncnn34)[C@H](O)[C@@H]2O)Oc2ccccc2)CC1. The molecule has 44 heavy (non-hydrogen) atoms. The summed E-state index contributed by atoms with van der Waals surface area (Å²) in [6.07, 6.45) is -2.08. The van der Waals surface area contributed by atoms with Crippen molar-refractivity contribution in [1.82, 2.24) is 24.6 Å². The molecule has 2 fully saturated rings. The Morgan fingerprint density at radius 2 is 1.91 bits per heavy atom. The van der Waals surface area contributed by atoms with Gasteiger partial charge in [0.25, 0.3) is 0 Å². The molecule has 0 radical (unpaired) electrons. The first-order valence-electron chi connectivity index (χ1n) is 14.2. The number of nitrogens with zero attached hydrogens (tertiary/aromatic N) is 4. The van der Waals surface area contributed by atoms with Crippen LogP contribution in [0.2, 0.25) is 0 Å². The number of amides is 1. The zero-order valence-corrected chi connectivity index (χ0v) is 25.5. The molecule has 0 aliphatic carbocycles. The van der Waals surface area contributed by atoms with Crippen molar-refractivity contribution in [3.63, 3.8) is 0 Å². The molecule has 3 aromatic rings. The molecular weight excluding hydrogens is 595 g/mol. The molecule has 6 atom stereocenters. The number of anilines is 1. The summed E-state index contributed by atoms with van der Waals surface area (Å²) in [7, 11) is -4.31. The third-order valence-corrected chi connectivity index (χ3v) is 9.45. The van der Waals surface area contributed by atoms with Crippen LogP contribution in [0.5, 0.6) is 5.75 Å². The molecule has 2 aliphatic heterocycles. The van der Waals surface area contributed by atoms with Crippen molar-refractivity contribution in [2.24, 2.45) is 0 Å². The maximum absolute atomic E-state index is 14.1.